The zero-order valence-corrected chi connectivity index (χ0v) is 7.63. The highest BCUT2D eigenvalue weighted by Gasteiger charge is 2.68. The van der Waals surface area contributed by atoms with Crippen LogP contribution >= 0.6 is 0 Å². The highest BCUT2D eigenvalue weighted by atomic mass is 16.3. The third kappa shape index (κ3) is 0.736. The minimum atomic E-state index is 0.0769. The third-order valence-corrected chi connectivity index (χ3v) is 4.70. The number of aliphatic hydroxyl groups excluding tert-OH is 1. The fourth-order valence-electron chi connectivity index (χ4n) is 4.17. The summed E-state index contributed by atoms with van der Waals surface area (Å²) in [5.41, 5.74) is 0.663. The zero-order chi connectivity index (χ0) is 8.18. The average molecular weight is 166 g/mol. The van der Waals surface area contributed by atoms with E-state index in [9.17, 15) is 5.11 Å². The summed E-state index contributed by atoms with van der Waals surface area (Å²) in [6, 6.07) is 0. The Hall–Kier alpha value is -0.0400. The molecule has 3 aliphatic carbocycles. The van der Waals surface area contributed by atoms with Crippen molar-refractivity contribution in [2.75, 3.05) is 0 Å². The van der Waals surface area contributed by atoms with Crippen molar-refractivity contribution >= 4 is 0 Å². The summed E-state index contributed by atoms with van der Waals surface area (Å²) in [6.07, 6.45) is 9.66. The Morgan fingerprint density at radius 1 is 1.00 bits per heavy atom. The number of hydrogen-bond donors (Lipinski definition) is 1. The van der Waals surface area contributed by atoms with E-state index in [1.165, 1.54) is 38.5 Å². The molecule has 0 aliphatic heterocycles. The largest absolute Gasteiger partial charge is 0.393 e. The van der Waals surface area contributed by atoms with Gasteiger partial charge in [0.25, 0.3) is 0 Å². The minimum Gasteiger partial charge on any atom is -0.393 e. The third-order valence-electron chi connectivity index (χ3n) is 4.70. The normalized spacial score (nSPS) is 49.2. The molecule has 12 heavy (non-hydrogen) atoms. The number of rotatable bonds is 0. The van der Waals surface area contributed by atoms with Gasteiger partial charge in [-0.05, 0) is 42.9 Å². The van der Waals surface area contributed by atoms with Gasteiger partial charge in [-0.1, -0.05) is 19.3 Å². The number of fused-ring (bicyclic) bond motifs is 3. The Morgan fingerprint density at radius 3 is 2.33 bits per heavy atom. The molecule has 0 bridgehead atoms. The molecule has 0 aromatic carbocycles. The molecule has 2 unspecified atom stereocenters. The van der Waals surface area contributed by atoms with Crippen molar-refractivity contribution in [3.05, 3.63) is 0 Å². The van der Waals surface area contributed by atoms with Gasteiger partial charge in [-0.25, -0.2) is 0 Å². The maximum Gasteiger partial charge on any atom is 0.0576 e. The highest BCUT2D eigenvalue weighted by molar-refractivity contribution is 5.16. The first-order valence-corrected chi connectivity index (χ1v) is 5.53. The molecule has 3 saturated carbocycles. The van der Waals surface area contributed by atoms with Gasteiger partial charge in [0.05, 0.1) is 6.10 Å². The molecule has 1 nitrogen and oxygen atoms in total. The van der Waals surface area contributed by atoms with E-state index in [4.69, 9.17) is 0 Å². The fraction of sp³-hybridized carbons (Fsp3) is 1.00. The lowest BCUT2D eigenvalue weighted by Gasteiger charge is -2.26. The van der Waals surface area contributed by atoms with Gasteiger partial charge in [0.15, 0.2) is 0 Å². The average Bonchev–Trinajstić information content (AvgIpc) is 2.51. The lowest BCUT2D eigenvalue weighted by molar-refractivity contribution is 0.116. The Balaban J connectivity index is 1.78. The van der Waals surface area contributed by atoms with Crippen LogP contribution in [0.4, 0.5) is 0 Å². The summed E-state index contributed by atoms with van der Waals surface area (Å²) in [5, 5.41) is 9.76. The van der Waals surface area contributed by atoms with Crippen LogP contribution in [0.5, 0.6) is 0 Å². The van der Waals surface area contributed by atoms with Crippen LogP contribution in [0.15, 0.2) is 0 Å². The molecular formula is C11H18O. The number of aliphatic hydroxyl groups is 1. The van der Waals surface area contributed by atoms with Crippen LogP contribution in [-0.4, -0.2) is 11.2 Å². The van der Waals surface area contributed by atoms with Crippen molar-refractivity contribution < 1.29 is 5.11 Å². The molecule has 1 N–H and O–H groups in total. The fourth-order valence-corrected chi connectivity index (χ4v) is 4.17. The van der Waals surface area contributed by atoms with E-state index in [-0.39, 0.29) is 6.10 Å². The predicted molar refractivity (Wildman–Crippen MR) is 47.7 cm³/mol. The molecule has 3 atom stereocenters. The summed E-state index contributed by atoms with van der Waals surface area (Å²) in [4.78, 5) is 0. The van der Waals surface area contributed by atoms with Gasteiger partial charge in [-0.3, -0.25) is 0 Å². The lowest BCUT2D eigenvalue weighted by atomic mass is 9.80. The first-order valence-electron chi connectivity index (χ1n) is 5.53. The van der Waals surface area contributed by atoms with Crippen LogP contribution in [0.2, 0.25) is 0 Å². The van der Waals surface area contributed by atoms with E-state index in [2.05, 4.69) is 0 Å². The summed E-state index contributed by atoms with van der Waals surface area (Å²) in [7, 11) is 0. The standard InChI is InChI=1S/C11H18O/c12-9-5-4-8-10(9)11(8)6-2-1-3-7-11/h8-10,12H,1-7H2/t8?,9-,10?/m1/s1. The Bertz CT molecular complexity index is 193. The van der Waals surface area contributed by atoms with Crippen molar-refractivity contribution in [1.29, 1.82) is 0 Å². The summed E-state index contributed by atoms with van der Waals surface area (Å²) in [6.45, 7) is 0. The van der Waals surface area contributed by atoms with Crippen LogP contribution in [0.1, 0.15) is 44.9 Å². The quantitative estimate of drug-likeness (QED) is 0.585. The van der Waals surface area contributed by atoms with E-state index >= 15 is 0 Å². The predicted octanol–water partition coefficient (Wildman–Crippen LogP) is 2.34. The van der Waals surface area contributed by atoms with E-state index in [1.54, 1.807) is 0 Å². The minimum absolute atomic E-state index is 0.0769. The second-order valence-electron chi connectivity index (χ2n) is 5.07. The van der Waals surface area contributed by atoms with Gasteiger partial charge in [0.1, 0.15) is 0 Å². The first-order chi connectivity index (χ1) is 5.84. The molecular weight excluding hydrogens is 148 g/mol. The molecule has 68 valence electrons. The smallest absolute Gasteiger partial charge is 0.0576 e. The van der Waals surface area contributed by atoms with Crippen molar-refractivity contribution in [3.63, 3.8) is 0 Å². The Labute approximate surface area is 74.2 Å². The topological polar surface area (TPSA) is 20.2 Å². The molecule has 3 aliphatic rings. The van der Waals surface area contributed by atoms with Crippen LogP contribution in [0, 0.1) is 17.3 Å². The van der Waals surface area contributed by atoms with Crippen LogP contribution in [0.3, 0.4) is 0 Å². The van der Waals surface area contributed by atoms with Crippen LogP contribution in [-0.2, 0) is 0 Å². The second-order valence-corrected chi connectivity index (χ2v) is 5.07. The van der Waals surface area contributed by atoms with Gasteiger partial charge in [-0.2, -0.15) is 0 Å². The molecule has 0 heterocycles. The summed E-state index contributed by atoms with van der Waals surface area (Å²) >= 11 is 0. The second kappa shape index (κ2) is 2.25. The molecule has 0 aromatic heterocycles. The molecule has 3 rings (SSSR count). The van der Waals surface area contributed by atoms with Gasteiger partial charge in [-0.15, -0.1) is 0 Å². The molecule has 1 spiro atoms. The Kier molecular flexibility index (Phi) is 1.39. The van der Waals surface area contributed by atoms with Crippen LogP contribution < -0.4 is 0 Å². The summed E-state index contributed by atoms with van der Waals surface area (Å²) in [5.74, 6) is 1.67. The zero-order valence-electron chi connectivity index (χ0n) is 7.63. The van der Waals surface area contributed by atoms with Crippen molar-refractivity contribution in [2.45, 2.75) is 51.0 Å². The Morgan fingerprint density at radius 2 is 1.75 bits per heavy atom. The van der Waals surface area contributed by atoms with Crippen molar-refractivity contribution in [1.82, 2.24) is 0 Å². The van der Waals surface area contributed by atoms with E-state index < -0.39 is 0 Å². The highest BCUT2D eigenvalue weighted by Crippen LogP contribution is 2.72. The maximum absolute atomic E-state index is 9.76. The summed E-state index contributed by atoms with van der Waals surface area (Å²) < 4.78 is 0. The molecule has 0 saturated heterocycles. The number of hydrogen-bond acceptors (Lipinski definition) is 1. The van der Waals surface area contributed by atoms with E-state index in [0.717, 1.165) is 18.3 Å². The van der Waals surface area contributed by atoms with Gasteiger partial charge >= 0.3 is 0 Å². The first kappa shape index (κ1) is 7.37. The lowest BCUT2D eigenvalue weighted by Crippen LogP contribution is -2.19. The van der Waals surface area contributed by atoms with Crippen molar-refractivity contribution in [2.24, 2.45) is 17.3 Å². The van der Waals surface area contributed by atoms with Gasteiger partial charge in [0.2, 0.25) is 0 Å². The monoisotopic (exact) mass is 166 g/mol. The van der Waals surface area contributed by atoms with Crippen molar-refractivity contribution in [3.8, 4) is 0 Å². The molecule has 3 fully saturated rings. The van der Waals surface area contributed by atoms with Gasteiger partial charge < -0.3 is 5.11 Å². The molecule has 0 radical (unpaired) electrons. The SMILES string of the molecule is O[C@@H]1CCC2C1C21CCCCC1. The van der Waals surface area contributed by atoms with E-state index in [0.29, 0.717) is 5.41 Å². The van der Waals surface area contributed by atoms with Gasteiger partial charge in [0, 0.05) is 0 Å². The maximum atomic E-state index is 9.76. The molecule has 1 heteroatoms. The molecule has 0 aromatic rings. The van der Waals surface area contributed by atoms with E-state index in [1.807, 2.05) is 0 Å². The molecule has 0 amide bonds. The van der Waals surface area contributed by atoms with Crippen LogP contribution in [0.25, 0.3) is 0 Å².